The van der Waals surface area contributed by atoms with Crippen molar-refractivity contribution in [2.24, 2.45) is 5.73 Å². The smallest absolute Gasteiger partial charge is 0.312 e. The monoisotopic (exact) mass is 300 g/mol. The molecule has 9 heteroatoms. The number of nitrogens with one attached hydrogen (secondary N) is 2. The molecule has 0 spiro atoms. The van der Waals surface area contributed by atoms with Gasteiger partial charge in [0.25, 0.3) is 0 Å². The summed E-state index contributed by atoms with van der Waals surface area (Å²) in [5.41, 5.74) is 5.43. The van der Waals surface area contributed by atoms with E-state index in [1.54, 1.807) is 12.3 Å². The van der Waals surface area contributed by atoms with E-state index in [1.165, 1.54) is 18.3 Å². The second kappa shape index (κ2) is 7.43. The summed E-state index contributed by atoms with van der Waals surface area (Å²) in [6, 6.07) is -1.56. The Labute approximate surface area is 119 Å². The van der Waals surface area contributed by atoms with Crippen molar-refractivity contribution >= 4 is 34.4 Å². The molecule has 1 aromatic rings. The Morgan fingerprint density at radius 2 is 2.20 bits per heavy atom. The highest BCUT2D eigenvalue weighted by Crippen LogP contribution is 2.16. The highest BCUT2D eigenvalue weighted by Gasteiger charge is 2.16. The number of amides is 3. The van der Waals surface area contributed by atoms with Gasteiger partial charge in [0, 0.05) is 5.38 Å². The predicted molar refractivity (Wildman–Crippen MR) is 73.3 cm³/mol. The topological polar surface area (TPSA) is 123 Å². The molecule has 0 radical (unpaired) electrons. The molecular formula is C11H16N4O4S. The maximum atomic E-state index is 11.7. The molecule has 1 heterocycles. The zero-order chi connectivity index (χ0) is 15.1. The largest absolute Gasteiger partial charge is 0.466 e. The van der Waals surface area contributed by atoms with E-state index >= 15 is 0 Å². The highest BCUT2D eigenvalue weighted by atomic mass is 32.1. The van der Waals surface area contributed by atoms with E-state index in [-0.39, 0.29) is 12.4 Å². The number of anilines is 1. The van der Waals surface area contributed by atoms with Crippen molar-refractivity contribution in [2.75, 3.05) is 11.9 Å². The minimum absolute atomic E-state index is 0.0509. The minimum Gasteiger partial charge on any atom is -0.466 e. The Hall–Kier alpha value is -2.16. The first-order chi connectivity index (χ1) is 9.42. The van der Waals surface area contributed by atoms with Gasteiger partial charge < -0.3 is 21.1 Å². The van der Waals surface area contributed by atoms with E-state index in [2.05, 4.69) is 15.6 Å². The summed E-state index contributed by atoms with van der Waals surface area (Å²) in [5.74, 6) is -0.819. The molecule has 1 atom stereocenters. The number of nitrogens with zero attached hydrogens (tertiary/aromatic N) is 1. The van der Waals surface area contributed by atoms with Gasteiger partial charge >= 0.3 is 12.0 Å². The molecule has 3 amide bonds. The number of aromatic nitrogens is 1. The number of ether oxygens (including phenoxy) is 1. The molecule has 1 aromatic heterocycles. The number of carbonyl (C=O) groups is 3. The summed E-state index contributed by atoms with van der Waals surface area (Å²) in [6.45, 7) is 3.52. The predicted octanol–water partition coefficient (Wildman–Crippen LogP) is 0.244. The maximum Gasteiger partial charge on any atom is 0.312 e. The van der Waals surface area contributed by atoms with Crippen LogP contribution >= 0.6 is 11.3 Å². The fourth-order valence-electron chi connectivity index (χ4n) is 1.30. The summed E-state index contributed by atoms with van der Waals surface area (Å²) in [6.07, 6.45) is 0.0509. The Morgan fingerprint density at radius 3 is 2.80 bits per heavy atom. The van der Waals surface area contributed by atoms with Gasteiger partial charge in [-0.25, -0.2) is 9.78 Å². The fraction of sp³-hybridized carbons (Fsp3) is 0.455. The van der Waals surface area contributed by atoms with Crippen LogP contribution in [0.5, 0.6) is 0 Å². The summed E-state index contributed by atoms with van der Waals surface area (Å²) >= 11 is 1.18. The lowest BCUT2D eigenvalue weighted by atomic mass is 10.3. The molecule has 0 aliphatic rings. The Kier molecular flexibility index (Phi) is 5.91. The first-order valence-corrected chi connectivity index (χ1v) is 6.77. The van der Waals surface area contributed by atoms with E-state index in [9.17, 15) is 14.4 Å². The number of thiazole rings is 1. The van der Waals surface area contributed by atoms with Crippen LogP contribution in [0.4, 0.5) is 9.93 Å². The van der Waals surface area contributed by atoms with Gasteiger partial charge in [-0.2, -0.15) is 0 Å². The van der Waals surface area contributed by atoms with E-state index in [1.807, 2.05) is 0 Å². The van der Waals surface area contributed by atoms with Crippen molar-refractivity contribution in [1.82, 2.24) is 10.3 Å². The third-order valence-corrected chi connectivity index (χ3v) is 2.97. The van der Waals surface area contributed by atoms with Crippen LogP contribution in [0.1, 0.15) is 19.5 Å². The van der Waals surface area contributed by atoms with Crippen molar-refractivity contribution < 1.29 is 19.1 Å². The standard InChI is InChI=1S/C11H16N4O4S/c1-3-19-8(16)4-7-5-20-11(14-7)15-9(17)6(2)13-10(12)18/h5-6H,3-4H2,1-2H3,(H3,12,13,18)(H,14,15,17). The van der Waals surface area contributed by atoms with Crippen LogP contribution in [0.2, 0.25) is 0 Å². The molecule has 110 valence electrons. The number of primary amides is 1. The van der Waals surface area contributed by atoms with Crippen LogP contribution in [0.15, 0.2) is 5.38 Å². The molecule has 8 nitrogen and oxygen atoms in total. The van der Waals surface area contributed by atoms with E-state index < -0.39 is 18.0 Å². The molecule has 1 rings (SSSR count). The molecular weight excluding hydrogens is 284 g/mol. The van der Waals surface area contributed by atoms with Crippen molar-refractivity contribution in [1.29, 1.82) is 0 Å². The van der Waals surface area contributed by atoms with Crippen molar-refractivity contribution in [3.05, 3.63) is 11.1 Å². The van der Waals surface area contributed by atoms with E-state index in [0.717, 1.165) is 0 Å². The van der Waals surface area contributed by atoms with Crippen LogP contribution in [-0.2, 0) is 20.7 Å². The van der Waals surface area contributed by atoms with Gasteiger partial charge in [-0.15, -0.1) is 11.3 Å². The van der Waals surface area contributed by atoms with Crippen LogP contribution in [-0.4, -0.2) is 35.5 Å². The van der Waals surface area contributed by atoms with Gasteiger partial charge in [-0.3, -0.25) is 9.59 Å². The molecule has 0 saturated heterocycles. The van der Waals surface area contributed by atoms with Crippen LogP contribution in [0.25, 0.3) is 0 Å². The third-order valence-electron chi connectivity index (χ3n) is 2.16. The molecule has 0 aliphatic carbocycles. The first kappa shape index (κ1) is 15.9. The number of hydrogen-bond acceptors (Lipinski definition) is 6. The Bertz CT molecular complexity index is 502. The highest BCUT2D eigenvalue weighted by molar-refractivity contribution is 7.13. The molecule has 1 unspecified atom stereocenters. The first-order valence-electron chi connectivity index (χ1n) is 5.89. The summed E-state index contributed by atoms with van der Waals surface area (Å²) in [5, 5.41) is 6.76. The second-order valence-electron chi connectivity index (χ2n) is 3.85. The molecule has 20 heavy (non-hydrogen) atoms. The lowest BCUT2D eigenvalue weighted by Gasteiger charge is -2.10. The van der Waals surface area contributed by atoms with Gasteiger partial charge in [0.05, 0.1) is 18.7 Å². The Morgan fingerprint density at radius 1 is 1.50 bits per heavy atom. The number of hydrogen-bond donors (Lipinski definition) is 3. The molecule has 0 bridgehead atoms. The number of rotatable bonds is 6. The van der Waals surface area contributed by atoms with Gasteiger partial charge in [0.15, 0.2) is 5.13 Å². The number of carbonyl (C=O) groups excluding carboxylic acids is 3. The summed E-state index contributed by atoms with van der Waals surface area (Å²) < 4.78 is 4.80. The lowest BCUT2D eigenvalue weighted by Crippen LogP contribution is -2.44. The van der Waals surface area contributed by atoms with Crippen LogP contribution in [0, 0.1) is 0 Å². The van der Waals surface area contributed by atoms with Gasteiger partial charge in [0.2, 0.25) is 5.91 Å². The van der Waals surface area contributed by atoms with E-state index in [0.29, 0.717) is 17.4 Å². The van der Waals surface area contributed by atoms with Crippen molar-refractivity contribution in [3.8, 4) is 0 Å². The quantitative estimate of drug-likeness (QED) is 0.649. The fourth-order valence-corrected chi connectivity index (χ4v) is 2.01. The number of esters is 1. The molecule has 0 aromatic carbocycles. The average Bonchev–Trinajstić information content (AvgIpc) is 2.75. The zero-order valence-corrected chi connectivity index (χ0v) is 12.0. The van der Waals surface area contributed by atoms with Crippen LogP contribution < -0.4 is 16.4 Å². The maximum absolute atomic E-state index is 11.7. The molecule has 4 N–H and O–H groups in total. The summed E-state index contributed by atoms with van der Waals surface area (Å²) in [7, 11) is 0. The van der Waals surface area contributed by atoms with Crippen molar-refractivity contribution in [3.63, 3.8) is 0 Å². The molecule has 0 fully saturated rings. The third kappa shape index (κ3) is 5.22. The van der Waals surface area contributed by atoms with Crippen LogP contribution in [0.3, 0.4) is 0 Å². The minimum atomic E-state index is -0.783. The molecule has 0 saturated carbocycles. The number of urea groups is 1. The van der Waals surface area contributed by atoms with E-state index in [4.69, 9.17) is 10.5 Å². The average molecular weight is 300 g/mol. The normalized spacial score (nSPS) is 11.5. The van der Waals surface area contributed by atoms with Gasteiger partial charge in [-0.1, -0.05) is 0 Å². The summed E-state index contributed by atoms with van der Waals surface area (Å²) in [4.78, 5) is 37.6. The second-order valence-corrected chi connectivity index (χ2v) is 4.70. The zero-order valence-electron chi connectivity index (χ0n) is 11.1. The van der Waals surface area contributed by atoms with Gasteiger partial charge in [0.1, 0.15) is 6.04 Å². The van der Waals surface area contributed by atoms with Crippen molar-refractivity contribution in [2.45, 2.75) is 26.3 Å². The SMILES string of the molecule is CCOC(=O)Cc1csc(NC(=O)C(C)NC(N)=O)n1. The molecule has 0 aliphatic heterocycles. The van der Waals surface area contributed by atoms with Gasteiger partial charge in [-0.05, 0) is 13.8 Å². The Balaban J connectivity index is 2.53. The lowest BCUT2D eigenvalue weighted by molar-refractivity contribution is -0.142. The number of nitrogens with two attached hydrogens (primary N) is 1.